The molecule has 0 bridgehead atoms. The van der Waals surface area contributed by atoms with Crippen LogP contribution in [0.1, 0.15) is 46.0 Å². The summed E-state index contributed by atoms with van der Waals surface area (Å²) in [6, 6.07) is 0. The van der Waals surface area contributed by atoms with Gasteiger partial charge in [-0.05, 0) is 18.8 Å². The van der Waals surface area contributed by atoms with Crippen LogP contribution < -0.4 is 5.73 Å². The van der Waals surface area contributed by atoms with Gasteiger partial charge in [0.2, 0.25) is 0 Å². The second kappa shape index (κ2) is 8.26. The Bertz CT molecular complexity index is 211. The van der Waals surface area contributed by atoms with E-state index in [1.165, 1.54) is 25.7 Å². The molecule has 0 saturated heterocycles. The third kappa shape index (κ3) is 9.25. The first-order valence-electron chi connectivity index (χ1n) is 5.54. The Morgan fingerprint density at radius 1 is 1.67 bits per heavy atom. The highest BCUT2D eigenvalue weighted by molar-refractivity contribution is 5.80. The van der Waals surface area contributed by atoms with Gasteiger partial charge in [0.25, 0.3) is 5.97 Å². The van der Waals surface area contributed by atoms with Crippen LogP contribution in [0.15, 0.2) is 4.99 Å². The van der Waals surface area contributed by atoms with E-state index in [0.29, 0.717) is 0 Å². The molecule has 0 spiro atoms. The van der Waals surface area contributed by atoms with E-state index < -0.39 is 5.97 Å². The van der Waals surface area contributed by atoms with Crippen LogP contribution in [0.4, 0.5) is 0 Å². The van der Waals surface area contributed by atoms with Crippen molar-refractivity contribution in [3.8, 4) is 0 Å². The highest BCUT2D eigenvalue weighted by Gasteiger charge is 2.12. The molecular weight excluding hydrogens is 192 g/mol. The first kappa shape index (κ1) is 13.9. The number of carbonyl (C=O) groups is 1. The minimum Gasteiger partial charge on any atom is -0.481 e. The number of aliphatic imine (C=N–C) groups is 1. The first-order chi connectivity index (χ1) is 7.06. The molecule has 1 unspecified atom stereocenters. The molecule has 0 aliphatic carbocycles. The maximum Gasteiger partial charge on any atom is 0.300 e. The lowest BCUT2D eigenvalue weighted by Gasteiger charge is -2.18. The molecule has 0 amide bonds. The van der Waals surface area contributed by atoms with Gasteiger partial charge in [-0.2, -0.15) is 0 Å². The third-order valence-electron chi connectivity index (χ3n) is 2.33. The van der Waals surface area contributed by atoms with Crippen molar-refractivity contribution in [3.05, 3.63) is 0 Å². The molecule has 0 aromatic carbocycles. The zero-order valence-electron chi connectivity index (χ0n) is 9.70. The second-order valence-corrected chi connectivity index (χ2v) is 3.90. The molecule has 1 atom stereocenters. The Kier molecular flexibility index (Phi) is 7.68. The van der Waals surface area contributed by atoms with E-state index >= 15 is 0 Å². The van der Waals surface area contributed by atoms with Gasteiger partial charge in [-0.1, -0.05) is 19.8 Å². The topological polar surface area (TPSA) is 75.7 Å². The van der Waals surface area contributed by atoms with Crippen molar-refractivity contribution >= 4 is 11.8 Å². The number of carboxylic acid groups (broad SMARTS) is 1. The van der Waals surface area contributed by atoms with Crippen LogP contribution >= 0.6 is 0 Å². The number of unbranched alkanes of at least 4 members (excludes halogenated alkanes) is 1. The van der Waals surface area contributed by atoms with Crippen LogP contribution in [-0.4, -0.2) is 23.5 Å². The quantitative estimate of drug-likeness (QED) is 0.754. The number of nitrogens with two attached hydrogens (primary N) is 1. The van der Waals surface area contributed by atoms with Crippen LogP contribution in [-0.2, 0) is 4.79 Å². The molecular formula is C11H22N2O2. The molecule has 1 rings (SSSR count). The minimum atomic E-state index is -0.833. The Morgan fingerprint density at radius 2 is 2.27 bits per heavy atom. The normalized spacial score (nSPS) is 19.9. The Morgan fingerprint density at radius 3 is 2.67 bits per heavy atom. The van der Waals surface area contributed by atoms with Crippen molar-refractivity contribution in [1.29, 1.82) is 0 Å². The van der Waals surface area contributed by atoms with Crippen LogP contribution in [0.3, 0.4) is 0 Å². The lowest BCUT2D eigenvalue weighted by atomic mass is 9.95. The number of carboxylic acids is 1. The van der Waals surface area contributed by atoms with Gasteiger partial charge in [0, 0.05) is 19.9 Å². The Hall–Kier alpha value is -1.06. The summed E-state index contributed by atoms with van der Waals surface area (Å²) in [5, 5.41) is 7.42. The Balaban J connectivity index is 0.000000423. The lowest BCUT2D eigenvalue weighted by molar-refractivity contribution is -0.134. The molecule has 4 heteroatoms. The molecule has 1 heterocycles. The first-order valence-corrected chi connectivity index (χ1v) is 5.54. The predicted molar refractivity (Wildman–Crippen MR) is 62.0 cm³/mol. The summed E-state index contributed by atoms with van der Waals surface area (Å²) in [6.07, 6.45) is 6.27. The van der Waals surface area contributed by atoms with E-state index in [4.69, 9.17) is 15.6 Å². The molecule has 0 aromatic rings. The van der Waals surface area contributed by atoms with Gasteiger partial charge in [0.05, 0.1) is 5.84 Å². The third-order valence-corrected chi connectivity index (χ3v) is 2.33. The molecule has 88 valence electrons. The van der Waals surface area contributed by atoms with E-state index in [1.54, 1.807) is 0 Å². The SMILES string of the molecule is CC(=O)O.CCCCC1CCC(N)=NC1. The highest BCUT2D eigenvalue weighted by Crippen LogP contribution is 2.18. The van der Waals surface area contributed by atoms with E-state index in [-0.39, 0.29) is 0 Å². The number of hydrogen-bond acceptors (Lipinski definition) is 3. The average molecular weight is 214 g/mol. The van der Waals surface area contributed by atoms with Crippen molar-refractivity contribution < 1.29 is 9.90 Å². The van der Waals surface area contributed by atoms with E-state index in [0.717, 1.165) is 31.6 Å². The number of nitrogens with zero attached hydrogens (tertiary/aromatic N) is 1. The minimum absolute atomic E-state index is 0.822. The van der Waals surface area contributed by atoms with Crippen molar-refractivity contribution in [2.45, 2.75) is 46.0 Å². The largest absolute Gasteiger partial charge is 0.481 e. The monoisotopic (exact) mass is 214 g/mol. The van der Waals surface area contributed by atoms with Crippen molar-refractivity contribution in [2.24, 2.45) is 16.6 Å². The van der Waals surface area contributed by atoms with Crippen LogP contribution in [0.2, 0.25) is 0 Å². The fourth-order valence-corrected chi connectivity index (χ4v) is 1.50. The van der Waals surface area contributed by atoms with Crippen molar-refractivity contribution in [2.75, 3.05) is 6.54 Å². The predicted octanol–water partition coefficient (Wildman–Crippen LogP) is 2.03. The molecule has 1 aliphatic heterocycles. The zero-order chi connectivity index (χ0) is 11.7. The summed E-state index contributed by atoms with van der Waals surface area (Å²) >= 11 is 0. The number of amidine groups is 1. The van der Waals surface area contributed by atoms with Gasteiger partial charge in [0.15, 0.2) is 0 Å². The molecule has 0 aromatic heterocycles. The van der Waals surface area contributed by atoms with E-state index in [2.05, 4.69) is 11.9 Å². The molecule has 1 aliphatic rings. The standard InChI is InChI=1S/C9H18N2.C2H4O2/c1-2-3-4-8-5-6-9(10)11-7-8;1-2(3)4/h8H,2-7H2,1H3,(H2,10,11);1H3,(H,3,4). The molecule has 4 nitrogen and oxygen atoms in total. The number of hydrogen-bond donors (Lipinski definition) is 2. The van der Waals surface area contributed by atoms with E-state index in [1.807, 2.05) is 0 Å². The zero-order valence-corrected chi connectivity index (χ0v) is 9.70. The van der Waals surface area contributed by atoms with E-state index in [9.17, 15) is 0 Å². The van der Waals surface area contributed by atoms with Crippen LogP contribution in [0, 0.1) is 5.92 Å². The fraction of sp³-hybridized carbons (Fsp3) is 0.818. The van der Waals surface area contributed by atoms with Gasteiger partial charge in [-0.25, -0.2) is 0 Å². The lowest BCUT2D eigenvalue weighted by Crippen LogP contribution is -2.21. The fourth-order valence-electron chi connectivity index (χ4n) is 1.50. The molecule has 3 N–H and O–H groups in total. The highest BCUT2D eigenvalue weighted by atomic mass is 16.4. The summed E-state index contributed by atoms with van der Waals surface area (Å²) in [4.78, 5) is 13.3. The summed E-state index contributed by atoms with van der Waals surface area (Å²) in [5.41, 5.74) is 5.58. The summed E-state index contributed by atoms with van der Waals surface area (Å²) in [7, 11) is 0. The van der Waals surface area contributed by atoms with Gasteiger partial charge in [0.1, 0.15) is 0 Å². The number of rotatable bonds is 3. The second-order valence-electron chi connectivity index (χ2n) is 3.90. The summed E-state index contributed by atoms with van der Waals surface area (Å²) < 4.78 is 0. The molecule has 0 saturated carbocycles. The molecule has 0 fully saturated rings. The van der Waals surface area contributed by atoms with Gasteiger partial charge in [-0.15, -0.1) is 0 Å². The number of aliphatic carboxylic acids is 1. The molecule has 0 radical (unpaired) electrons. The van der Waals surface area contributed by atoms with Crippen LogP contribution in [0.25, 0.3) is 0 Å². The smallest absolute Gasteiger partial charge is 0.300 e. The van der Waals surface area contributed by atoms with Gasteiger partial charge >= 0.3 is 0 Å². The van der Waals surface area contributed by atoms with Gasteiger partial charge in [-0.3, -0.25) is 9.79 Å². The summed E-state index contributed by atoms with van der Waals surface area (Å²) in [5.74, 6) is 0.847. The maximum absolute atomic E-state index is 9.00. The van der Waals surface area contributed by atoms with Crippen LogP contribution in [0.5, 0.6) is 0 Å². The molecule has 15 heavy (non-hydrogen) atoms. The average Bonchev–Trinajstić information content (AvgIpc) is 2.16. The maximum atomic E-state index is 9.00. The Labute approximate surface area is 91.6 Å². The van der Waals surface area contributed by atoms with Crippen molar-refractivity contribution in [1.82, 2.24) is 0 Å². The van der Waals surface area contributed by atoms with Crippen molar-refractivity contribution in [3.63, 3.8) is 0 Å². The summed E-state index contributed by atoms with van der Waals surface area (Å²) in [6.45, 7) is 4.30. The van der Waals surface area contributed by atoms with Gasteiger partial charge < -0.3 is 10.8 Å².